The lowest BCUT2D eigenvalue weighted by molar-refractivity contribution is 0.414. The van der Waals surface area contributed by atoms with E-state index < -0.39 is 15.7 Å². The lowest BCUT2D eigenvalue weighted by atomic mass is 10.2. The van der Waals surface area contributed by atoms with Crippen molar-refractivity contribution in [3.8, 4) is 5.75 Å². The van der Waals surface area contributed by atoms with Gasteiger partial charge in [-0.2, -0.15) is 0 Å². The van der Waals surface area contributed by atoms with Gasteiger partial charge in [-0.3, -0.25) is 0 Å². The van der Waals surface area contributed by atoms with Crippen molar-refractivity contribution < 1.29 is 17.5 Å². The molecule has 5 heteroatoms. The van der Waals surface area contributed by atoms with E-state index in [0.29, 0.717) is 11.2 Å². The third kappa shape index (κ3) is 3.24. The summed E-state index contributed by atoms with van der Waals surface area (Å²) in [5.74, 6) is -0.232. The Morgan fingerprint density at radius 1 is 1.05 bits per heavy atom. The van der Waals surface area contributed by atoms with Crippen molar-refractivity contribution in [2.75, 3.05) is 7.11 Å². The minimum absolute atomic E-state index is 0.0589. The molecule has 0 saturated heterocycles. The lowest BCUT2D eigenvalue weighted by Crippen LogP contribution is -1.96. The Labute approximate surface area is 117 Å². The molecule has 0 atom stereocenters. The fraction of sp³-hybridized carbons (Fsp3) is 0.0667. The topological polar surface area (TPSA) is 43.4 Å². The van der Waals surface area contributed by atoms with Crippen molar-refractivity contribution in [3.63, 3.8) is 0 Å². The SMILES string of the molecule is COc1ccc(/C(F)=C/S(=O)(=O)c2ccccc2)cc1. The van der Waals surface area contributed by atoms with Crippen LogP contribution in [0.2, 0.25) is 0 Å². The fourth-order valence-electron chi connectivity index (χ4n) is 1.63. The summed E-state index contributed by atoms with van der Waals surface area (Å²) in [6, 6.07) is 13.8. The van der Waals surface area contributed by atoms with Gasteiger partial charge < -0.3 is 4.74 Å². The van der Waals surface area contributed by atoms with Crippen molar-refractivity contribution in [3.05, 3.63) is 65.6 Å². The molecule has 2 rings (SSSR count). The average Bonchev–Trinajstić information content (AvgIpc) is 2.48. The zero-order valence-corrected chi connectivity index (χ0v) is 11.6. The molecule has 0 radical (unpaired) electrons. The summed E-state index contributed by atoms with van der Waals surface area (Å²) < 4.78 is 42.9. The number of hydrogen-bond acceptors (Lipinski definition) is 3. The number of ether oxygens (including phenoxy) is 1. The average molecular weight is 292 g/mol. The van der Waals surface area contributed by atoms with E-state index >= 15 is 0 Å². The first-order valence-electron chi connectivity index (χ1n) is 5.85. The van der Waals surface area contributed by atoms with Gasteiger partial charge in [0.25, 0.3) is 0 Å². The summed E-state index contributed by atoms with van der Waals surface area (Å²) in [5.41, 5.74) is 0.185. The molecule has 0 saturated carbocycles. The summed E-state index contributed by atoms with van der Waals surface area (Å²) in [6.45, 7) is 0. The zero-order valence-electron chi connectivity index (χ0n) is 10.8. The van der Waals surface area contributed by atoms with Gasteiger partial charge >= 0.3 is 0 Å². The second kappa shape index (κ2) is 5.88. The van der Waals surface area contributed by atoms with Gasteiger partial charge in [0.05, 0.1) is 17.4 Å². The van der Waals surface area contributed by atoms with Crippen LogP contribution in [0.1, 0.15) is 5.56 Å². The van der Waals surface area contributed by atoms with Crippen molar-refractivity contribution in [1.82, 2.24) is 0 Å². The quantitative estimate of drug-likeness (QED) is 0.867. The molecule has 104 valence electrons. The maximum atomic E-state index is 14.0. The normalized spacial score (nSPS) is 12.2. The van der Waals surface area contributed by atoms with E-state index in [4.69, 9.17) is 4.74 Å². The fourth-order valence-corrected chi connectivity index (χ4v) is 2.71. The molecule has 0 bridgehead atoms. The highest BCUT2D eigenvalue weighted by Crippen LogP contribution is 2.23. The van der Waals surface area contributed by atoms with Crippen molar-refractivity contribution in [1.29, 1.82) is 0 Å². The largest absolute Gasteiger partial charge is 0.497 e. The molecule has 2 aromatic carbocycles. The first-order chi connectivity index (χ1) is 9.53. The van der Waals surface area contributed by atoms with Crippen LogP contribution in [0, 0.1) is 0 Å². The summed E-state index contributed by atoms with van der Waals surface area (Å²) in [6.07, 6.45) is 0. The Hall–Kier alpha value is -2.14. The molecule has 0 N–H and O–H groups in total. The molecule has 0 unspecified atom stereocenters. The van der Waals surface area contributed by atoms with E-state index in [9.17, 15) is 12.8 Å². The molecule has 0 amide bonds. The standard InChI is InChI=1S/C15H13FO3S/c1-19-13-9-7-12(8-10-13)15(16)11-20(17,18)14-5-3-2-4-6-14/h2-11H,1H3/b15-11-. The van der Waals surface area contributed by atoms with Gasteiger partial charge in [-0.1, -0.05) is 18.2 Å². The van der Waals surface area contributed by atoms with Gasteiger partial charge in [0.2, 0.25) is 9.84 Å². The molecule has 0 aliphatic carbocycles. The Balaban J connectivity index is 2.34. The lowest BCUT2D eigenvalue weighted by Gasteiger charge is -2.02. The second-order valence-electron chi connectivity index (χ2n) is 4.05. The Kier molecular flexibility index (Phi) is 4.20. The minimum atomic E-state index is -3.79. The van der Waals surface area contributed by atoms with Crippen LogP contribution in [-0.4, -0.2) is 15.5 Å². The molecule has 0 aliphatic rings. The number of halogens is 1. The number of sulfone groups is 1. The summed E-state index contributed by atoms with van der Waals surface area (Å²) in [4.78, 5) is 0.0589. The first kappa shape index (κ1) is 14.3. The van der Waals surface area contributed by atoms with E-state index in [1.165, 1.54) is 31.4 Å². The van der Waals surface area contributed by atoms with Crippen molar-refractivity contribution in [2.45, 2.75) is 4.90 Å². The Morgan fingerprint density at radius 3 is 2.20 bits per heavy atom. The zero-order chi connectivity index (χ0) is 14.6. The number of hydrogen-bond donors (Lipinski definition) is 0. The number of rotatable bonds is 4. The van der Waals surface area contributed by atoms with E-state index in [1.807, 2.05) is 0 Å². The third-order valence-corrected chi connectivity index (χ3v) is 4.14. The van der Waals surface area contributed by atoms with Crippen molar-refractivity contribution >= 4 is 15.7 Å². The minimum Gasteiger partial charge on any atom is -0.497 e. The maximum absolute atomic E-state index is 14.0. The van der Waals surface area contributed by atoms with Gasteiger partial charge in [0.1, 0.15) is 11.6 Å². The van der Waals surface area contributed by atoms with Crippen LogP contribution in [0.15, 0.2) is 64.9 Å². The van der Waals surface area contributed by atoms with Crippen LogP contribution in [0.5, 0.6) is 5.75 Å². The summed E-state index contributed by atoms with van der Waals surface area (Å²) >= 11 is 0. The van der Waals surface area contributed by atoms with Gasteiger partial charge in [0, 0.05) is 5.56 Å². The summed E-state index contributed by atoms with van der Waals surface area (Å²) in [7, 11) is -2.29. The first-order valence-corrected chi connectivity index (χ1v) is 7.39. The number of methoxy groups -OCH3 is 1. The molecule has 0 aliphatic heterocycles. The van der Waals surface area contributed by atoms with Crippen LogP contribution in [0.25, 0.3) is 5.83 Å². The van der Waals surface area contributed by atoms with Crippen molar-refractivity contribution in [2.24, 2.45) is 0 Å². The monoisotopic (exact) mass is 292 g/mol. The molecule has 0 fully saturated rings. The molecule has 0 aromatic heterocycles. The number of benzene rings is 2. The molecule has 3 nitrogen and oxygen atoms in total. The predicted molar refractivity (Wildman–Crippen MR) is 75.7 cm³/mol. The second-order valence-corrected chi connectivity index (χ2v) is 5.85. The Bertz CT molecular complexity index is 705. The summed E-state index contributed by atoms with van der Waals surface area (Å²) in [5, 5.41) is 0.629. The van der Waals surface area contributed by atoms with Crippen LogP contribution in [0.4, 0.5) is 4.39 Å². The molecule has 0 spiro atoms. The smallest absolute Gasteiger partial charge is 0.202 e. The molecule has 20 heavy (non-hydrogen) atoms. The molecule has 0 heterocycles. The third-order valence-electron chi connectivity index (χ3n) is 2.70. The maximum Gasteiger partial charge on any atom is 0.202 e. The highest BCUT2D eigenvalue weighted by atomic mass is 32.2. The molecular weight excluding hydrogens is 279 g/mol. The van der Waals surface area contributed by atoms with E-state index in [0.717, 1.165) is 0 Å². The van der Waals surface area contributed by atoms with E-state index in [-0.39, 0.29) is 10.5 Å². The predicted octanol–water partition coefficient (Wildman–Crippen LogP) is 3.44. The highest BCUT2D eigenvalue weighted by molar-refractivity contribution is 7.94. The molecule has 2 aromatic rings. The molecular formula is C15H13FO3S. The Morgan fingerprint density at radius 2 is 1.65 bits per heavy atom. The van der Waals surface area contributed by atoms with Crippen LogP contribution in [0.3, 0.4) is 0 Å². The highest BCUT2D eigenvalue weighted by Gasteiger charge is 2.13. The van der Waals surface area contributed by atoms with Gasteiger partial charge in [-0.25, -0.2) is 12.8 Å². The van der Waals surface area contributed by atoms with Crippen LogP contribution >= 0.6 is 0 Å². The van der Waals surface area contributed by atoms with E-state index in [2.05, 4.69) is 0 Å². The van der Waals surface area contributed by atoms with Gasteiger partial charge in [-0.05, 0) is 36.4 Å². The van der Waals surface area contributed by atoms with Gasteiger partial charge in [-0.15, -0.1) is 0 Å². The van der Waals surface area contributed by atoms with Crippen LogP contribution < -0.4 is 4.74 Å². The van der Waals surface area contributed by atoms with E-state index in [1.54, 1.807) is 30.3 Å². The van der Waals surface area contributed by atoms with Crippen LogP contribution in [-0.2, 0) is 9.84 Å². The van der Waals surface area contributed by atoms with Gasteiger partial charge in [0.15, 0.2) is 0 Å².